The summed E-state index contributed by atoms with van der Waals surface area (Å²) in [5.41, 5.74) is 1.82. The van der Waals surface area contributed by atoms with Crippen molar-refractivity contribution in [3.63, 3.8) is 0 Å². The summed E-state index contributed by atoms with van der Waals surface area (Å²) in [5, 5.41) is 13.5. The highest BCUT2D eigenvalue weighted by atomic mass is 16.4. The van der Waals surface area contributed by atoms with E-state index in [4.69, 9.17) is 0 Å². The Balaban J connectivity index is 1.73. The van der Waals surface area contributed by atoms with Crippen LogP contribution in [0.5, 0.6) is 0 Å². The Hall–Kier alpha value is -2.37. The zero-order valence-electron chi connectivity index (χ0n) is 13.2. The first kappa shape index (κ1) is 17.0. The fourth-order valence-electron chi connectivity index (χ4n) is 2.60. The molecule has 0 radical (unpaired) electrons. The number of aryl methyl sites for hydroxylation is 1. The second-order valence-corrected chi connectivity index (χ2v) is 5.89. The number of amides is 2. The number of aliphatic carboxylic acids is 1. The first-order valence-electron chi connectivity index (χ1n) is 7.81. The molecule has 0 atom stereocenters. The summed E-state index contributed by atoms with van der Waals surface area (Å²) in [7, 11) is 0. The average molecular weight is 317 g/mol. The quantitative estimate of drug-likeness (QED) is 0.866. The van der Waals surface area contributed by atoms with Gasteiger partial charge in [-0.2, -0.15) is 0 Å². The van der Waals surface area contributed by atoms with Gasteiger partial charge < -0.3 is 20.1 Å². The Bertz CT molecular complexity index is 575. The molecule has 0 bridgehead atoms. The van der Waals surface area contributed by atoms with Gasteiger partial charge in [0, 0.05) is 43.5 Å². The van der Waals surface area contributed by atoms with Crippen molar-refractivity contribution in [2.24, 2.45) is 5.92 Å². The summed E-state index contributed by atoms with van der Waals surface area (Å²) in [5.74, 6) is -1.83. The van der Waals surface area contributed by atoms with Crippen molar-refractivity contribution in [3.05, 3.63) is 29.8 Å². The molecule has 124 valence electrons. The Kier molecular flexibility index (Phi) is 5.73. The molecule has 1 aromatic carbocycles. The molecule has 0 spiro atoms. The molecule has 0 saturated carbocycles. The van der Waals surface area contributed by atoms with Gasteiger partial charge in [0.1, 0.15) is 0 Å². The maximum atomic E-state index is 12.1. The van der Waals surface area contributed by atoms with Gasteiger partial charge in [0.2, 0.25) is 11.8 Å². The number of carbonyl (C=O) groups excluding carboxylic acids is 3. The number of nitrogens with zero attached hydrogens (tertiary/aromatic N) is 1. The third-order valence-electron chi connectivity index (χ3n) is 4.08. The largest absolute Gasteiger partial charge is 0.550 e. The maximum Gasteiger partial charge on any atom is 0.224 e. The van der Waals surface area contributed by atoms with Crippen molar-refractivity contribution in [2.75, 3.05) is 18.4 Å². The molecular weight excluding hydrogens is 296 g/mol. The number of hydrogen-bond acceptors (Lipinski definition) is 4. The van der Waals surface area contributed by atoms with Crippen LogP contribution in [-0.2, 0) is 14.4 Å². The van der Waals surface area contributed by atoms with Crippen molar-refractivity contribution in [3.8, 4) is 0 Å². The Labute approximate surface area is 135 Å². The zero-order chi connectivity index (χ0) is 16.8. The van der Waals surface area contributed by atoms with E-state index in [1.54, 1.807) is 4.90 Å². The fraction of sp³-hybridized carbons (Fsp3) is 0.471. The SMILES string of the molecule is Cc1ccc(NC(=O)CCC(=O)N2CCC(C(=O)[O-])CC2)cc1. The highest BCUT2D eigenvalue weighted by Gasteiger charge is 2.23. The number of carbonyl (C=O) groups is 3. The van der Waals surface area contributed by atoms with E-state index < -0.39 is 11.9 Å². The highest BCUT2D eigenvalue weighted by molar-refractivity contribution is 5.93. The lowest BCUT2D eigenvalue weighted by molar-refractivity contribution is -0.312. The predicted molar refractivity (Wildman–Crippen MR) is 83.4 cm³/mol. The normalized spacial score (nSPS) is 15.3. The molecule has 1 saturated heterocycles. The van der Waals surface area contributed by atoms with Gasteiger partial charge in [0.25, 0.3) is 0 Å². The average Bonchev–Trinajstić information content (AvgIpc) is 2.55. The van der Waals surface area contributed by atoms with Gasteiger partial charge in [0.05, 0.1) is 0 Å². The van der Waals surface area contributed by atoms with Gasteiger partial charge >= 0.3 is 0 Å². The van der Waals surface area contributed by atoms with Crippen LogP contribution in [0.25, 0.3) is 0 Å². The van der Waals surface area contributed by atoms with Crippen LogP contribution in [0, 0.1) is 12.8 Å². The number of carboxylic acids is 1. The van der Waals surface area contributed by atoms with E-state index in [-0.39, 0.29) is 24.7 Å². The van der Waals surface area contributed by atoms with Gasteiger partial charge in [-0.05, 0) is 31.9 Å². The van der Waals surface area contributed by atoms with Gasteiger partial charge in [-0.1, -0.05) is 17.7 Å². The molecule has 2 amide bonds. The summed E-state index contributed by atoms with van der Waals surface area (Å²) in [6.45, 7) is 2.79. The summed E-state index contributed by atoms with van der Waals surface area (Å²) in [4.78, 5) is 36.3. The maximum absolute atomic E-state index is 12.1. The van der Waals surface area contributed by atoms with Crippen LogP contribution in [-0.4, -0.2) is 35.8 Å². The number of piperidine rings is 1. The van der Waals surface area contributed by atoms with E-state index in [0.29, 0.717) is 31.6 Å². The molecule has 1 aliphatic heterocycles. The highest BCUT2D eigenvalue weighted by Crippen LogP contribution is 2.17. The van der Waals surface area contributed by atoms with Gasteiger partial charge in [-0.3, -0.25) is 9.59 Å². The van der Waals surface area contributed by atoms with E-state index in [2.05, 4.69) is 5.32 Å². The Morgan fingerprint density at radius 3 is 2.30 bits per heavy atom. The Morgan fingerprint density at radius 2 is 1.74 bits per heavy atom. The number of hydrogen-bond donors (Lipinski definition) is 1. The minimum absolute atomic E-state index is 0.110. The van der Waals surface area contributed by atoms with Crippen molar-refractivity contribution in [1.82, 2.24) is 4.90 Å². The molecule has 1 fully saturated rings. The molecule has 0 aromatic heterocycles. The fourth-order valence-corrected chi connectivity index (χ4v) is 2.60. The number of rotatable bonds is 5. The van der Waals surface area contributed by atoms with E-state index in [9.17, 15) is 19.5 Å². The Morgan fingerprint density at radius 1 is 1.13 bits per heavy atom. The van der Waals surface area contributed by atoms with E-state index in [0.717, 1.165) is 5.56 Å². The molecular formula is C17H21N2O4-. The summed E-state index contributed by atoms with van der Waals surface area (Å²) >= 11 is 0. The van der Waals surface area contributed by atoms with Crippen molar-refractivity contribution < 1.29 is 19.5 Å². The standard InChI is InChI=1S/C17H22N2O4/c1-12-2-4-14(5-3-12)18-15(20)6-7-16(21)19-10-8-13(9-11-19)17(22)23/h2-5,13H,6-11H2,1H3,(H,18,20)(H,22,23)/p-1. The summed E-state index contributed by atoms with van der Waals surface area (Å²) in [6, 6.07) is 7.45. The molecule has 1 heterocycles. The first-order valence-corrected chi connectivity index (χ1v) is 7.81. The molecule has 1 aliphatic rings. The third-order valence-corrected chi connectivity index (χ3v) is 4.08. The molecule has 0 unspecified atom stereocenters. The molecule has 6 nitrogen and oxygen atoms in total. The minimum Gasteiger partial charge on any atom is -0.550 e. The topological polar surface area (TPSA) is 89.5 Å². The van der Waals surface area contributed by atoms with Crippen LogP contribution in [0.1, 0.15) is 31.2 Å². The summed E-state index contributed by atoms with van der Waals surface area (Å²) in [6.07, 6.45) is 1.09. The monoisotopic (exact) mass is 317 g/mol. The van der Waals surface area contributed by atoms with Crippen molar-refractivity contribution in [1.29, 1.82) is 0 Å². The smallest absolute Gasteiger partial charge is 0.224 e. The minimum atomic E-state index is -1.05. The number of anilines is 1. The number of benzene rings is 1. The lowest BCUT2D eigenvalue weighted by Gasteiger charge is -2.32. The lowest BCUT2D eigenvalue weighted by atomic mass is 9.97. The number of carboxylic acid groups (broad SMARTS) is 1. The number of nitrogens with one attached hydrogen (secondary N) is 1. The second-order valence-electron chi connectivity index (χ2n) is 5.89. The third kappa shape index (κ3) is 5.09. The van der Waals surface area contributed by atoms with Crippen LogP contribution in [0.2, 0.25) is 0 Å². The molecule has 2 rings (SSSR count). The summed E-state index contributed by atoms with van der Waals surface area (Å²) < 4.78 is 0. The lowest BCUT2D eigenvalue weighted by Crippen LogP contribution is -2.43. The molecule has 1 N–H and O–H groups in total. The van der Waals surface area contributed by atoms with E-state index in [1.807, 2.05) is 31.2 Å². The number of likely N-dealkylation sites (tertiary alicyclic amines) is 1. The van der Waals surface area contributed by atoms with Gasteiger partial charge in [-0.15, -0.1) is 0 Å². The molecule has 23 heavy (non-hydrogen) atoms. The van der Waals surface area contributed by atoms with Gasteiger partial charge in [0.15, 0.2) is 0 Å². The van der Waals surface area contributed by atoms with E-state index in [1.165, 1.54) is 0 Å². The van der Waals surface area contributed by atoms with Crippen LogP contribution in [0.15, 0.2) is 24.3 Å². The molecule has 6 heteroatoms. The van der Waals surface area contributed by atoms with Crippen molar-refractivity contribution in [2.45, 2.75) is 32.6 Å². The molecule has 1 aromatic rings. The first-order chi connectivity index (χ1) is 11.0. The van der Waals surface area contributed by atoms with Crippen LogP contribution in [0.3, 0.4) is 0 Å². The molecule has 0 aliphatic carbocycles. The predicted octanol–water partition coefficient (Wildman–Crippen LogP) is 0.702. The second kappa shape index (κ2) is 7.76. The van der Waals surface area contributed by atoms with Crippen LogP contribution < -0.4 is 10.4 Å². The van der Waals surface area contributed by atoms with Crippen LogP contribution in [0.4, 0.5) is 5.69 Å². The van der Waals surface area contributed by atoms with E-state index >= 15 is 0 Å². The van der Waals surface area contributed by atoms with Crippen LogP contribution >= 0.6 is 0 Å². The zero-order valence-corrected chi connectivity index (χ0v) is 13.2. The van der Waals surface area contributed by atoms with Crippen molar-refractivity contribution >= 4 is 23.5 Å². The van der Waals surface area contributed by atoms with Gasteiger partial charge in [-0.25, -0.2) is 0 Å².